The van der Waals surface area contributed by atoms with E-state index in [0.717, 1.165) is 12.1 Å². The summed E-state index contributed by atoms with van der Waals surface area (Å²) in [4.78, 5) is 0. The first-order valence-electron chi connectivity index (χ1n) is 3.62. The smallest absolute Gasteiger partial charge is 0.379 e. The molecule has 0 aromatic heterocycles. The van der Waals surface area contributed by atoms with Gasteiger partial charge in [0.25, 0.3) is 0 Å². The Hall–Kier alpha value is -0.140. The van der Waals surface area contributed by atoms with Crippen molar-refractivity contribution in [3.8, 4) is 0 Å². The minimum Gasteiger partial charge on any atom is -0.379 e. The summed E-state index contributed by atoms with van der Waals surface area (Å²) in [6, 6.07) is 1.77. The lowest BCUT2D eigenvalue weighted by molar-refractivity contribution is -0.206. The van der Waals surface area contributed by atoms with Crippen LogP contribution in [0.1, 0.15) is 11.7 Å². The largest absolute Gasteiger partial charge is 0.418 e. The molecule has 1 aromatic carbocycles. The number of aliphatic hydroxyl groups excluding tert-OH is 1. The second-order valence-electron chi connectivity index (χ2n) is 2.74. The maximum Gasteiger partial charge on any atom is 0.418 e. The molecule has 84 valence electrons. The first-order valence-corrected chi connectivity index (χ1v) is 5.21. The van der Waals surface area contributed by atoms with Crippen LogP contribution < -0.4 is 0 Å². The van der Waals surface area contributed by atoms with Crippen molar-refractivity contribution in [3.63, 3.8) is 0 Å². The van der Waals surface area contributed by atoms with Crippen molar-refractivity contribution in [2.45, 2.75) is 12.3 Å². The van der Waals surface area contributed by atoms with Gasteiger partial charge in [-0.3, -0.25) is 0 Å². The number of alkyl halides is 3. The Balaban J connectivity index is 3.17. The van der Waals surface area contributed by atoms with E-state index in [1.54, 1.807) is 0 Å². The van der Waals surface area contributed by atoms with Crippen molar-refractivity contribution in [1.29, 1.82) is 0 Å². The molecule has 1 N–H and O–H groups in total. The summed E-state index contributed by atoms with van der Waals surface area (Å²) in [7, 11) is 0. The first kappa shape index (κ1) is 12.9. The molecule has 0 radical (unpaired) electrons. The Bertz CT molecular complexity index is 354. The Morgan fingerprint density at radius 1 is 1.13 bits per heavy atom. The zero-order chi connectivity index (χ0) is 11.8. The SMILES string of the molecule is OC(c1cc(Br)c(F)c(Br)c1)C(F)(F)F. The zero-order valence-electron chi connectivity index (χ0n) is 6.95. The maximum absolute atomic E-state index is 13.0. The van der Waals surface area contributed by atoms with Crippen LogP contribution in [0.2, 0.25) is 0 Å². The van der Waals surface area contributed by atoms with Crippen molar-refractivity contribution in [3.05, 3.63) is 32.5 Å². The lowest BCUT2D eigenvalue weighted by Crippen LogP contribution is -2.20. The molecule has 0 aliphatic rings. The van der Waals surface area contributed by atoms with E-state index >= 15 is 0 Å². The third-order valence-electron chi connectivity index (χ3n) is 1.63. The van der Waals surface area contributed by atoms with E-state index < -0.39 is 23.7 Å². The molecule has 15 heavy (non-hydrogen) atoms. The van der Waals surface area contributed by atoms with Crippen molar-refractivity contribution < 1.29 is 22.7 Å². The molecular formula is C8H4Br2F4O. The molecule has 1 aromatic rings. The fourth-order valence-corrected chi connectivity index (χ4v) is 2.14. The molecule has 1 atom stereocenters. The van der Waals surface area contributed by atoms with Gasteiger partial charge in [0, 0.05) is 0 Å². The second kappa shape index (κ2) is 4.39. The molecule has 0 amide bonds. The summed E-state index contributed by atoms with van der Waals surface area (Å²) in [5.41, 5.74) is -0.428. The molecule has 1 nitrogen and oxygen atoms in total. The molecule has 0 saturated heterocycles. The van der Waals surface area contributed by atoms with E-state index in [-0.39, 0.29) is 8.95 Å². The van der Waals surface area contributed by atoms with Gasteiger partial charge < -0.3 is 5.11 Å². The highest BCUT2D eigenvalue weighted by Gasteiger charge is 2.39. The van der Waals surface area contributed by atoms with E-state index in [4.69, 9.17) is 5.11 Å². The fourth-order valence-electron chi connectivity index (χ4n) is 0.922. The summed E-state index contributed by atoms with van der Waals surface area (Å²) < 4.78 is 49.1. The van der Waals surface area contributed by atoms with Crippen LogP contribution in [0.15, 0.2) is 21.1 Å². The van der Waals surface area contributed by atoms with Crippen LogP contribution in [0.25, 0.3) is 0 Å². The van der Waals surface area contributed by atoms with Gasteiger partial charge in [-0.25, -0.2) is 4.39 Å². The number of aliphatic hydroxyl groups is 1. The van der Waals surface area contributed by atoms with Crippen LogP contribution in [0.3, 0.4) is 0 Å². The number of rotatable bonds is 1. The quantitative estimate of drug-likeness (QED) is 0.600. The molecule has 1 rings (SSSR count). The normalized spacial score (nSPS) is 14.1. The highest BCUT2D eigenvalue weighted by molar-refractivity contribution is 9.11. The van der Waals surface area contributed by atoms with Gasteiger partial charge in [0.1, 0.15) is 0 Å². The van der Waals surface area contributed by atoms with E-state index in [1.165, 1.54) is 0 Å². The van der Waals surface area contributed by atoms with Gasteiger partial charge in [0.15, 0.2) is 11.9 Å². The first-order chi connectivity index (χ1) is 6.73. The van der Waals surface area contributed by atoms with Gasteiger partial charge in [-0.2, -0.15) is 13.2 Å². The summed E-state index contributed by atoms with van der Waals surface area (Å²) in [6.07, 6.45) is -7.39. The van der Waals surface area contributed by atoms with E-state index in [9.17, 15) is 17.6 Å². The van der Waals surface area contributed by atoms with E-state index in [1.807, 2.05) is 0 Å². The molecule has 0 spiro atoms. The minimum atomic E-state index is -4.77. The van der Waals surface area contributed by atoms with Crippen LogP contribution in [0.4, 0.5) is 17.6 Å². The monoisotopic (exact) mass is 350 g/mol. The fraction of sp³-hybridized carbons (Fsp3) is 0.250. The summed E-state index contributed by atoms with van der Waals surface area (Å²) in [6.45, 7) is 0. The van der Waals surface area contributed by atoms with Crippen LogP contribution in [-0.2, 0) is 0 Å². The highest BCUT2D eigenvalue weighted by Crippen LogP contribution is 2.36. The molecule has 0 saturated carbocycles. The third-order valence-corrected chi connectivity index (χ3v) is 2.79. The van der Waals surface area contributed by atoms with Gasteiger partial charge >= 0.3 is 6.18 Å². The standard InChI is InChI=1S/C8H4Br2F4O/c9-4-1-3(2-5(10)6(4)11)7(15)8(12,13)14/h1-2,7,15H. The Labute approximate surface area is 99.4 Å². The Kier molecular flexibility index (Phi) is 3.78. The molecule has 7 heteroatoms. The number of hydrogen-bond acceptors (Lipinski definition) is 1. The van der Waals surface area contributed by atoms with Crippen molar-refractivity contribution in [2.75, 3.05) is 0 Å². The summed E-state index contributed by atoms with van der Waals surface area (Å²) >= 11 is 5.50. The predicted octanol–water partition coefficient (Wildman–Crippen LogP) is 3.95. The van der Waals surface area contributed by atoms with Crippen molar-refractivity contribution in [1.82, 2.24) is 0 Å². The molecule has 0 bridgehead atoms. The Morgan fingerprint density at radius 2 is 1.53 bits per heavy atom. The van der Waals surface area contributed by atoms with Crippen LogP contribution in [0.5, 0.6) is 0 Å². The van der Waals surface area contributed by atoms with Gasteiger partial charge in [-0.1, -0.05) is 0 Å². The van der Waals surface area contributed by atoms with Gasteiger partial charge in [0.2, 0.25) is 0 Å². The molecule has 0 heterocycles. The highest BCUT2D eigenvalue weighted by atomic mass is 79.9. The predicted molar refractivity (Wildman–Crippen MR) is 52.8 cm³/mol. The van der Waals surface area contributed by atoms with Crippen LogP contribution in [0, 0.1) is 5.82 Å². The zero-order valence-corrected chi connectivity index (χ0v) is 10.1. The van der Waals surface area contributed by atoms with E-state index in [0.29, 0.717) is 0 Å². The van der Waals surface area contributed by atoms with Crippen molar-refractivity contribution >= 4 is 31.9 Å². The lowest BCUT2D eigenvalue weighted by Gasteiger charge is -2.15. The Morgan fingerprint density at radius 3 is 1.87 bits per heavy atom. The summed E-state index contributed by atoms with van der Waals surface area (Å²) in [5.74, 6) is -0.715. The molecule has 0 aliphatic heterocycles. The van der Waals surface area contributed by atoms with E-state index in [2.05, 4.69) is 31.9 Å². The number of halogens is 6. The molecule has 0 aliphatic carbocycles. The number of benzene rings is 1. The lowest BCUT2D eigenvalue weighted by atomic mass is 10.1. The van der Waals surface area contributed by atoms with Gasteiger partial charge in [-0.15, -0.1) is 0 Å². The third kappa shape index (κ3) is 2.92. The minimum absolute atomic E-state index is 0.143. The molecular weight excluding hydrogens is 348 g/mol. The average Bonchev–Trinajstić information content (AvgIpc) is 2.10. The van der Waals surface area contributed by atoms with Gasteiger partial charge in [-0.05, 0) is 49.6 Å². The molecule has 0 fully saturated rings. The van der Waals surface area contributed by atoms with Gasteiger partial charge in [0.05, 0.1) is 8.95 Å². The van der Waals surface area contributed by atoms with Crippen molar-refractivity contribution in [2.24, 2.45) is 0 Å². The number of hydrogen-bond donors (Lipinski definition) is 1. The summed E-state index contributed by atoms with van der Waals surface area (Å²) in [5, 5.41) is 8.91. The maximum atomic E-state index is 13.0. The average molecular weight is 352 g/mol. The molecule has 1 unspecified atom stereocenters. The second-order valence-corrected chi connectivity index (χ2v) is 4.45. The van der Waals surface area contributed by atoms with Crippen LogP contribution >= 0.6 is 31.9 Å². The van der Waals surface area contributed by atoms with Crippen LogP contribution in [-0.4, -0.2) is 11.3 Å². The topological polar surface area (TPSA) is 20.2 Å².